The third kappa shape index (κ3) is 2.37. The SMILES string of the molecule is NC1CCCC(N)(c2ccccc2)NC1. The van der Waals surface area contributed by atoms with Crippen molar-refractivity contribution in [3.05, 3.63) is 35.9 Å². The average molecular weight is 205 g/mol. The van der Waals surface area contributed by atoms with E-state index in [1.165, 1.54) is 0 Å². The highest BCUT2D eigenvalue weighted by atomic mass is 15.1. The molecule has 0 aromatic heterocycles. The molecule has 0 saturated carbocycles. The molecule has 1 fully saturated rings. The molecule has 3 nitrogen and oxygen atoms in total. The summed E-state index contributed by atoms with van der Waals surface area (Å²) in [5.41, 5.74) is 13.1. The van der Waals surface area contributed by atoms with E-state index in [-0.39, 0.29) is 6.04 Å². The molecule has 1 heterocycles. The minimum Gasteiger partial charge on any atom is -0.327 e. The Bertz CT molecular complexity index is 312. The summed E-state index contributed by atoms with van der Waals surface area (Å²) in [4.78, 5) is 0. The molecule has 15 heavy (non-hydrogen) atoms. The zero-order chi connectivity index (χ0) is 10.7. The summed E-state index contributed by atoms with van der Waals surface area (Å²) in [6.45, 7) is 0.797. The molecule has 0 spiro atoms. The number of hydrogen-bond donors (Lipinski definition) is 3. The van der Waals surface area contributed by atoms with Gasteiger partial charge in [-0.2, -0.15) is 0 Å². The Hall–Kier alpha value is -0.900. The lowest BCUT2D eigenvalue weighted by Crippen LogP contribution is -2.51. The standard InChI is InChI=1S/C12H19N3/c13-11-7-4-8-12(14,15-9-11)10-5-2-1-3-6-10/h1-3,5-6,11,15H,4,7-9,13-14H2. The fourth-order valence-corrected chi connectivity index (χ4v) is 2.13. The summed E-state index contributed by atoms with van der Waals surface area (Å²) in [7, 11) is 0. The van der Waals surface area contributed by atoms with Crippen molar-refractivity contribution in [1.29, 1.82) is 0 Å². The summed E-state index contributed by atoms with van der Waals surface area (Å²) < 4.78 is 0. The van der Waals surface area contributed by atoms with Crippen molar-refractivity contribution < 1.29 is 0 Å². The van der Waals surface area contributed by atoms with Gasteiger partial charge in [0.05, 0.1) is 5.66 Å². The van der Waals surface area contributed by atoms with E-state index in [1.807, 2.05) is 18.2 Å². The van der Waals surface area contributed by atoms with Crippen molar-refractivity contribution in [3.8, 4) is 0 Å². The van der Waals surface area contributed by atoms with Gasteiger partial charge < -0.3 is 11.5 Å². The number of nitrogens with two attached hydrogens (primary N) is 2. The van der Waals surface area contributed by atoms with Gasteiger partial charge in [0.2, 0.25) is 0 Å². The van der Waals surface area contributed by atoms with Crippen LogP contribution in [-0.4, -0.2) is 12.6 Å². The molecule has 1 saturated heterocycles. The summed E-state index contributed by atoms with van der Waals surface area (Å²) in [5, 5.41) is 3.38. The van der Waals surface area contributed by atoms with Crippen LogP contribution < -0.4 is 16.8 Å². The van der Waals surface area contributed by atoms with Gasteiger partial charge in [-0.1, -0.05) is 30.3 Å². The molecule has 5 N–H and O–H groups in total. The van der Waals surface area contributed by atoms with Crippen LogP contribution >= 0.6 is 0 Å². The van der Waals surface area contributed by atoms with Crippen LogP contribution in [0.2, 0.25) is 0 Å². The van der Waals surface area contributed by atoms with Crippen molar-refractivity contribution in [1.82, 2.24) is 5.32 Å². The molecule has 1 aromatic rings. The van der Waals surface area contributed by atoms with Crippen molar-refractivity contribution in [3.63, 3.8) is 0 Å². The molecule has 82 valence electrons. The lowest BCUT2D eigenvalue weighted by Gasteiger charge is -2.30. The maximum atomic E-state index is 6.38. The Labute approximate surface area is 90.8 Å². The van der Waals surface area contributed by atoms with E-state index >= 15 is 0 Å². The number of nitrogens with one attached hydrogen (secondary N) is 1. The molecule has 2 unspecified atom stereocenters. The normalized spacial score (nSPS) is 32.3. The van der Waals surface area contributed by atoms with Crippen molar-refractivity contribution >= 4 is 0 Å². The van der Waals surface area contributed by atoms with Crippen LogP contribution in [0.3, 0.4) is 0 Å². The van der Waals surface area contributed by atoms with Crippen LogP contribution in [0, 0.1) is 0 Å². The topological polar surface area (TPSA) is 64.1 Å². The lowest BCUT2D eigenvalue weighted by molar-refractivity contribution is 0.335. The number of hydrogen-bond acceptors (Lipinski definition) is 3. The molecule has 0 aliphatic carbocycles. The first-order chi connectivity index (χ1) is 7.21. The van der Waals surface area contributed by atoms with Gasteiger partial charge in [0, 0.05) is 12.6 Å². The van der Waals surface area contributed by atoms with E-state index < -0.39 is 5.66 Å². The van der Waals surface area contributed by atoms with Gasteiger partial charge in [0.25, 0.3) is 0 Å². The highest BCUT2D eigenvalue weighted by molar-refractivity contribution is 5.23. The Morgan fingerprint density at radius 1 is 1.27 bits per heavy atom. The Kier molecular flexibility index (Phi) is 3.05. The lowest BCUT2D eigenvalue weighted by atomic mass is 9.95. The van der Waals surface area contributed by atoms with Gasteiger partial charge in [0.1, 0.15) is 0 Å². The molecule has 1 aliphatic rings. The maximum Gasteiger partial charge on any atom is 0.0925 e. The summed E-state index contributed by atoms with van der Waals surface area (Å²) in [6.07, 6.45) is 3.09. The third-order valence-corrected chi connectivity index (χ3v) is 3.11. The minimum absolute atomic E-state index is 0.235. The van der Waals surface area contributed by atoms with Gasteiger partial charge in [-0.3, -0.25) is 5.32 Å². The molecule has 2 atom stereocenters. The monoisotopic (exact) mass is 205 g/mol. The van der Waals surface area contributed by atoms with E-state index in [1.54, 1.807) is 0 Å². The maximum absolute atomic E-state index is 6.38. The molecule has 2 rings (SSSR count). The van der Waals surface area contributed by atoms with Gasteiger partial charge in [-0.05, 0) is 24.8 Å². The summed E-state index contributed by atoms with van der Waals surface area (Å²) in [5.74, 6) is 0. The van der Waals surface area contributed by atoms with E-state index in [0.717, 1.165) is 31.4 Å². The summed E-state index contributed by atoms with van der Waals surface area (Å²) >= 11 is 0. The molecular formula is C12H19N3. The first-order valence-corrected chi connectivity index (χ1v) is 5.56. The quantitative estimate of drug-likeness (QED) is 0.638. The molecule has 0 amide bonds. The molecule has 0 bridgehead atoms. The van der Waals surface area contributed by atoms with Crippen molar-refractivity contribution in [2.24, 2.45) is 11.5 Å². The minimum atomic E-state index is -0.393. The van der Waals surface area contributed by atoms with Crippen LogP contribution in [0.15, 0.2) is 30.3 Å². The van der Waals surface area contributed by atoms with E-state index in [2.05, 4.69) is 17.4 Å². The highest BCUT2D eigenvalue weighted by Gasteiger charge is 2.29. The predicted octanol–water partition coefficient (Wildman–Crippen LogP) is 0.899. The van der Waals surface area contributed by atoms with Crippen LogP contribution in [0.5, 0.6) is 0 Å². The second-order valence-corrected chi connectivity index (χ2v) is 4.37. The summed E-state index contributed by atoms with van der Waals surface area (Å²) in [6, 6.07) is 10.4. The zero-order valence-electron chi connectivity index (χ0n) is 8.95. The molecule has 0 radical (unpaired) electrons. The molecule has 3 heteroatoms. The molecular weight excluding hydrogens is 186 g/mol. The van der Waals surface area contributed by atoms with E-state index in [4.69, 9.17) is 11.5 Å². The fraction of sp³-hybridized carbons (Fsp3) is 0.500. The number of rotatable bonds is 1. The van der Waals surface area contributed by atoms with Gasteiger partial charge in [0.15, 0.2) is 0 Å². The Morgan fingerprint density at radius 3 is 2.73 bits per heavy atom. The third-order valence-electron chi connectivity index (χ3n) is 3.11. The second kappa shape index (κ2) is 4.31. The van der Waals surface area contributed by atoms with E-state index in [0.29, 0.717) is 0 Å². The van der Waals surface area contributed by atoms with Crippen LogP contribution in [0.25, 0.3) is 0 Å². The zero-order valence-corrected chi connectivity index (χ0v) is 8.95. The fourth-order valence-electron chi connectivity index (χ4n) is 2.13. The van der Waals surface area contributed by atoms with E-state index in [9.17, 15) is 0 Å². The first-order valence-electron chi connectivity index (χ1n) is 5.56. The average Bonchev–Trinajstić information content (AvgIpc) is 2.44. The van der Waals surface area contributed by atoms with Crippen molar-refractivity contribution in [2.75, 3.05) is 6.54 Å². The Morgan fingerprint density at radius 2 is 2.00 bits per heavy atom. The van der Waals surface area contributed by atoms with Gasteiger partial charge in [-0.25, -0.2) is 0 Å². The Balaban J connectivity index is 2.19. The van der Waals surface area contributed by atoms with Crippen LogP contribution in [0.1, 0.15) is 24.8 Å². The first kappa shape index (κ1) is 10.6. The second-order valence-electron chi connectivity index (χ2n) is 4.37. The molecule has 1 aromatic carbocycles. The van der Waals surface area contributed by atoms with Gasteiger partial charge in [-0.15, -0.1) is 0 Å². The highest BCUT2D eigenvalue weighted by Crippen LogP contribution is 2.24. The van der Waals surface area contributed by atoms with Crippen LogP contribution in [-0.2, 0) is 5.66 Å². The van der Waals surface area contributed by atoms with Crippen molar-refractivity contribution in [2.45, 2.75) is 31.0 Å². The molecule has 1 aliphatic heterocycles. The number of benzene rings is 1. The largest absolute Gasteiger partial charge is 0.327 e. The van der Waals surface area contributed by atoms with Gasteiger partial charge >= 0.3 is 0 Å². The smallest absolute Gasteiger partial charge is 0.0925 e. The van der Waals surface area contributed by atoms with Crippen LogP contribution in [0.4, 0.5) is 0 Å². The predicted molar refractivity (Wildman–Crippen MR) is 62.1 cm³/mol.